The zero-order chi connectivity index (χ0) is 14.7. The molecule has 0 radical (unpaired) electrons. The van der Waals surface area contributed by atoms with Gasteiger partial charge in [0.15, 0.2) is 0 Å². The standard InChI is InChI=1S/C13H13BrCl2N4/c1-3-17-13-18-6-7(2)12(20-13)19-9-5-4-8(14)10(15)11(9)16/h4-6H,3H2,1-2H3,(H2,17,18,19,20). The normalized spacial score (nSPS) is 10.4. The first-order valence-electron chi connectivity index (χ1n) is 6.01. The second-order valence-electron chi connectivity index (χ2n) is 4.10. The van der Waals surface area contributed by atoms with Gasteiger partial charge >= 0.3 is 0 Å². The van der Waals surface area contributed by atoms with Crippen molar-refractivity contribution in [1.82, 2.24) is 9.97 Å². The van der Waals surface area contributed by atoms with E-state index in [1.165, 1.54) is 0 Å². The summed E-state index contributed by atoms with van der Waals surface area (Å²) in [5.41, 5.74) is 1.62. The fourth-order valence-corrected chi connectivity index (χ4v) is 2.38. The molecule has 106 valence electrons. The maximum Gasteiger partial charge on any atom is 0.224 e. The predicted molar refractivity (Wildman–Crippen MR) is 88.4 cm³/mol. The molecule has 2 N–H and O–H groups in total. The van der Waals surface area contributed by atoms with Gasteiger partial charge in [-0.2, -0.15) is 4.98 Å². The molecular weight excluding hydrogens is 363 g/mol. The Labute approximate surface area is 136 Å². The van der Waals surface area contributed by atoms with E-state index in [1.807, 2.05) is 26.0 Å². The van der Waals surface area contributed by atoms with Gasteiger partial charge in [0.1, 0.15) is 5.82 Å². The molecule has 1 aromatic carbocycles. The highest BCUT2D eigenvalue weighted by molar-refractivity contribution is 9.10. The van der Waals surface area contributed by atoms with E-state index in [-0.39, 0.29) is 0 Å². The number of benzene rings is 1. The van der Waals surface area contributed by atoms with Gasteiger partial charge in [0.2, 0.25) is 5.95 Å². The second-order valence-corrected chi connectivity index (χ2v) is 5.71. The van der Waals surface area contributed by atoms with Crippen LogP contribution in [0, 0.1) is 6.92 Å². The Morgan fingerprint density at radius 2 is 2.00 bits per heavy atom. The summed E-state index contributed by atoms with van der Waals surface area (Å²) < 4.78 is 0.752. The van der Waals surface area contributed by atoms with Crippen molar-refractivity contribution in [3.05, 3.63) is 38.4 Å². The van der Waals surface area contributed by atoms with Crippen LogP contribution in [0.3, 0.4) is 0 Å². The molecule has 1 aromatic heterocycles. The number of nitrogens with one attached hydrogen (secondary N) is 2. The maximum absolute atomic E-state index is 6.22. The molecule has 0 spiro atoms. The molecule has 20 heavy (non-hydrogen) atoms. The molecule has 0 aliphatic rings. The fourth-order valence-electron chi connectivity index (χ4n) is 1.56. The van der Waals surface area contributed by atoms with Crippen molar-refractivity contribution < 1.29 is 0 Å². The first-order valence-corrected chi connectivity index (χ1v) is 7.55. The summed E-state index contributed by atoms with van der Waals surface area (Å²) in [6, 6.07) is 3.67. The number of hydrogen-bond acceptors (Lipinski definition) is 4. The number of anilines is 3. The first kappa shape index (κ1) is 15.4. The van der Waals surface area contributed by atoms with Gasteiger partial charge < -0.3 is 10.6 Å². The molecule has 0 aliphatic heterocycles. The lowest BCUT2D eigenvalue weighted by Crippen LogP contribution is -2.05. The van der Waals surface area contributed by atoms with Gasteiger partial charge in [0, 0.05) is 22.8 Å². The van der Waals surface area contributed by atoms with E-state index in [4.69, 9.17) is 23.2 Å². The van der Waals surface area contributed by atoms with Crippen LogP contribution in [-0.2, 0) is 0 Å². The lowest BCUT2D eigenvalue weighted by Gasteiger charge is -2.12. The average Bonchev–Trinajstić information content (AvgIpc) is 2.43. The first-order chi connectivity index (χ1) is 9.52. The molecule has 1 heterocycles. The minimum atomic E-state index is 0.448. The predicted octanol–water partition coefficient (Wildman–Crippen LogP) is 5.03. The van der Waals surface area contributed by atoms with E-state index in [0.29, 0.717) is 27.5 Å². The molecule has 0 bridgehead atoms. The highest BCUT2D eigenvalue weighted by Crippen LogP contribution is 2.37. The number of aromatic nitrogens is 2. The van der Waals surface area contributed by atoms with Crippen molar-refractivity contribution in [3.63, 3.8) is 0 Å². The SMILES string of the molecule is CCNc1ncc(C)c(Nc2ccc(Br)c(Cl)c2Cl)n1. The molecule has 0 unspecified atom stereocenters. The third-order valence-corrected chi connectivity index (χ3v) is 4.37. The summed E-state index contributed by atoms with van der Waals surface area (Å²) >= 11 is 15.7. The van der Waals surface area contributed by atoms with Crippen LogP contribution in [0.25, 0.3) is 0 Å². The topological polar surface area (TPSA) is 49.8 Å². The van der Waals surface area contributed by atoms with Crippen molar-refractivity contribution in [2.45, 2.75) is 13.8 Å². The van der Waals surface area contributed by atoms with Crippen LogP contribution >= 0.6 is 39.1 Å². The van der Waals surface area contributed by atoms with Crippen LogP contribution in [0.4, 0.5) is 17.5 Å². The minimum absolute atomic E-state index is 0.448. The van der Waals surface area contributed by atoms with E-state index in [9.17, 15) is 0 Å². The average molecular weight is 376 g/mol. The minimum Gasteiger partial charge on any atom is -0.354 e. The number of rotatable bonds is 4. The third kappa shape index (κ3) is 3.34. The summed E-state index contributed by atoms with van der Waals surface area (Å²) in [5.74, 6) is 1.26. The lowest BCUT2D eigenvalue weighted by atomic mass is 10.3. The van der Waals surface area contributed by atoms with Crippen LogP contribution in [-0.4, -0.2) is 16.5 Å². The van der Waals surface area contributed by atoms with Crippen molar-refractivity contribution in [3.8, 4) is 0 Å². The zero-order valence-corrected chi connectivity index (χ0v) is 14.1. The summed E-state index contributed by atoms with van der Waals surface area (Å²) in [6.45, 7) is 4.67. The molecule has 0 saturated carbocycles. The molecule has 0 fully saturated rings. The van der Waals surface area contributed by atoms with Crippen LogP contribution in [0.5, 0.6) is 0 Å². The Morgan fingerprint density at radius 3 is 2.70 bits per heavy atom. The largest absolute Gasteiger partial charge is 0.354 e. The second kappa shape index (κ2) is 6.61. The smallest absolute Gasteiger partial charge is 0.224 e. The molecular formula is C13H13BrCl2N4. The van der Waals surface area contributed by atoms with Crippen molar-refractivity contribution in [1.29, 1.82) is 0 Å². The molecule has 0 amide bonds. The Hall–Kier alpha value is -1.04. The molecule has 0 aliphatic carbocycles. The molecule has 2 aromatic rings. The van der Waals surface area contributed by atoms with E-state index < -0.39 is 0 Å². The van der Waals surface area contributed by atoms with Gasteiger partial charge in [-0.25, -0.2) is 4.98 Å². The number of halogens is 3. The summed E-state index contributed by atoms with van der Waals surface area (Å²) in [6.07, 6.45) is 1.75. The number of nitrogens with zero attached hydrogens (tertiary/aromatic N) is 2. The van der Waals surface area contributed by atoms with Crippen LogP contribution in [0.1, 0.15) is 12.5 Å². The highest BCUT2D eigenvalue weighted by Gasteiger charge is 2.11. The van der Waals surface area contributed by atoms with Gasteiger partial charge in [0.05, 0.1) is 15.7 Å². The fraction of sp³-hybridized carbons (Fsp3) is 0.231. The van der Waals surface area contributed by atoms with Crippen molar-refractivity contribution >= 4 is 56.6 Å². The summed E-state index contributed by atoms with van der Waals surface area (Å²) in [5, 5.41) is 7.16. The van der Waals surface area contributed by atoms with E-state index in [2.05, 4.69) is 36.5 Å². The zero-order valence-electron chi connectivity index (χ0n) is 11.0. The maximum atomic E-state index is 6.22. The van der Waals surface area contributed by atoms with E-state index in [0.717, 1.165) is 16.6 Å². The Balaban J connectivity index is 2.34. The quantitative estimate of drug-likeness (QED) is 0.735. The molecule has 0 atom stereocenters. The lowest BCUT2D eigenvalue weighted by molar-refractivity contribution is 1.07. The van der Waals surface area contributed by atoms with Gasteiger partial charge in [-0.3, -0.25) is 0 Å². The number of aryl methyl sites for hydroxylation is 1. The van der Waals surface area contributed by atoms with Crippen molar-refractivity contribution in [2.75, 3.05) is 17.2 Å². The molecule has 0 saturated heterocycles. The molecule has 2 rings (SSSR count). The third-order valence-electron chi connectivity index (χ3n) is 2.59. The molecule has 7 heteroatoms. The van der Waals surface area contributed by atoms with Gasteiger partial charge in [-0.1, -0.05) is 23.2 Å². The van der Waals surface area contributed by atoms with E-state index in [1.54, 1.807) is 6.20 Å². The van der Waals surface area contributed by atoms with Crippen LogP contribution < -0.4 is 10.6 Å². The summed E-state index contributed by atoms with van der Waals surface area (Å²) in [7, 11) is 0. The van der Waals surface area contributed by atoms with Crippen LogP contribution in [0.15, 0.2) is 22.8 Å². The van der Waals surface area contributed by atoms with Gasteiger partial charge in [-0.05, 0) is 41.9 Å². The monoisotopic (exact) mass is 374 g/mol. The van der Waals surface area contributed by atoms with Gasteiger partial charge in [0.25, 0.3) is 0 Å². The van der Waals surface area contributed by atoms with E-state index >= 15 is 0 Å². The Bertz CT molecular complexity index is 634. The summed E-state index contributed by atoms with van der Waals surface area (Å²) in [4.78, 5) is 8.60. The van der Waals surface area contributed by atoms with Crippen molar-refractivity contribution in [2.24, 2.45) is 0 Å². The van der Waals surface area contributed by atoms with Gasteiger partial charge in [-0.15, -0.1) is 0 Å². The Kier molecular flexibility index (Phi) is 5.07. The molecule has 4 nitrogen and oxygen atoms in total. The number of hydrogen-bond donors (Lipinski definition) is 2. The Morgan fingerprint density at radius 1 is 1.25 bits per heavy atom. The highest BCUT2D eigenvalue weighted by atomic mass is 79.9. The van der Waals surface area contributed by atoms with Crippen LogP contribution in [0.2, 0.25) is 10.0 Å².